The van der Waals surface area contributed by atoms with Gasteiger partial charge in [0.05, 0.1) is 22.8 Å². The highest BCUT2D eigenvalue weighted by molar-refractivity contribution is 6.30. The number of nitrogens with one attached hydrogen (secondary N) is 1. The van der Waals surface area contributed by atoms with Gasteiger partial charge in [-0.15, -0.1) is 0 Å². The van der Waals surface area contributed by atoms with E-state index < -0.39 is 28.8 Å². The van der Waals surface area contributed by atoms with E-state index in [1.54, 1.807) is 15.5 Å². The van der Waals surface area contributed by atoms with E-state index in [1.807, 2.05) is 25.9 Å². The van der Waals surface area contributed by atoms with E-state index in [2.05, 4.69) is 5.32 Å². The summed E-state index contributed by atoms with van der Waals surface area (Å²) in [5.74, 6) is -2.57. The minimum absolute atomic E-state index is 0.0728. The molecule has 0 spiro atoms. The molecule has 0 radical (unpaired) electrons. The maximum absolute atomic E-state index is 14.2. The molecule has 1 aromatic heterocycles. The van der Waals surface area contributed by atoms with Crippen LogP contribution in [0.25, 0.3) is 0 Å². The molecule has 2 aromatic rings. The quantitative estimate of drug-likeness (QED) is 0.711. The van der Waals surface area contributed by atoms with Gasteiger partial charge in [0, 0.05) is 25.2 Å². The predicted molar refractivity (Wildman–Crippen MR) is 117 cm³/mol. The molecule has 170 valence electrons. The number of benzene rings is 1. The Morgan fingerprint density at radius 1 is 1.34 bits per heavy atom. The summed E-state index contributed by atoms with van der Waals surface area (Å²) in [5, 5.41) is 13.2. The number of carbonyl (C=O) groups is 2. The summed E-state index contributed by atoms with van der Waals surface area (Å²) in [6.45, 7) is 2.51. The van der Waals surface area contributed by atoms with Crippen molar-refractivity contribution in [3.8, 4) is 5.75 Å². The van der Waals surface area contributed by atoms with Gasteiger partial charge < -0.3 is 24.8 Å². The highest BCUT2D eigenvalue weighted by atomic mass is 35.5. The lowest BCUT2D eigenvalue weighted by Gasteiger charge is -2.33. The average Bonchev–Trinajstić information content (AvgIpc) is 3.13. The van der Waals surface area contributed by atoms with Gasteiger partial charge in [0.25, 0.3) is 11.8 Å². The lowest BCUT2D eigenvalue weighted by atomic mass is 10.0. The lowest BCUT2D eigenvalue weighted by Crippen LogP contribution is -2.44. The number of pyridine rings is 1. The van der Waals surface area contributed by atoms with E-state index >= 15 is 0 Å². The van der Waals surface area contributed by atoms with Crippen molar-refractivity contribution in [2.75, 3.05) is 27.2 Å². The van der Waals surface area contributed by atoms with Crippen LogP contribution in [0.4, 0.5) is 4.39 Å². The third-order valence-corrected chi connectivity index (χ3v) is 6.52. The van der Waals surface area contributed by atoms with Crippen LogP contribution in [-0.2, 0) is 6.54 Å². The molecule has 2 aliphatic heterocycles. The smallest absolute Gasteiger partial charge is 0.274 e. The second-order valence-corrected chi connectivity index (χ2v) is 8.67. The van der Waals surface area contributed by atoms with E-state index in [-0.39, 0.29) is 40.5 Å². The van der Waals surface area contributed by atoms with Gasteiger partial charge in [-0.25, -0.2) is 4.39 Å². The summed E-state index contributed by atoms with van der Waals surface area (Å²) in [6, 6.07) is 3.96. The number of halogens is 2. The van der Waals surface area contributed by atoms with Crippen molar-refractivity contribution in [2.45, 2.75) is 32.0 Å². The topological polar surface area (TPSA) is 94.9 Å². The fourth-order valence-electron chi connectivity index (χ4n) is 4.62. The Balaban J connectivity index is 1.81. The lowest BCUT2D eigenvalue weighted by molar-refractivity contribution is 0.0673. The van der Waals surface area contributed by atoms with Crippen LogP contribution in [0.1, 0.15) is 57.5 Å². The molecule has 0 bridgehead atoms. The molecule has 10 heteroatoms. The molecule has 2 N–H and O–H groups in total. The Morgan fingerprint density at radius 3 is 2.72 bits per heavy atom. The van der Waals surface area contributed by atoms with Crippen LogP contribution in [0.3, 0.4) is 0 Å². The zero-order valence-electron chi connectivity index (χ0n) is 18.0. The van der Waals surface area contributed by atoms with Gasteiger partial charge in [0.15, 0.2) is 11.4 Å². The molecule has 2 amide bonds. The minimum Gasteiger partial charge on any atom is -0.503 e. The molecule has 2 atom stereocenters. The minimum atomic E-state index is -0.908. The van der Waals surface area contributed by atoms with Crippen molar-refractivity contribution in [1.82, 2.24) is 19.7 Å². The molecule has 4 rings (SSSR count). The largest absolute Gasteiger partial charge is 0.503 e. The Morgan fingerprint density at radius 2 is 2.06 bits per heavy atom. The van der Waals surface area contributed by atoms with Crippen LogP contribution in [0.5, 0.6) is 5.75 Å². The van der Waals surface area contributed by atoms with Gasteiger partial charge in [0.1, 0.15) is 11.4 Å². The summed E-state index contributed by atoms with van der Waals surface area (Å²) in [4.78, 5) is 42.6. The highest BCUT2D eigenvalue weighted by Crippen LogP contribution is 2.43. The first-order valence-electron chi connectivity index (χ1n) is 10.3. The number of amides is 2. The number of nitrogens with zero attached hydrogens (tertiary/aromatic N) is 3. The Bertz CT molecular complexity index is 1180. The van der Waals surface area contributed by atoms with E-state index in [0.717, 1.165) is 0 Å². The average molecular weight is 463 g/mol. The predicted octanol–water partition coefficient (Wildman–Crippen LogP) is 2.30. The number of hydrogen-bond acceptors (Lipinski definition) is 5. The maximum Gasteiger partial charge on any atom is 0.274 e. The third-order valence-electron chi connectivity index (χ3n) is 6.22. The van der Waals surface area contributed by atoms with E-state index in [1.165, 1.54) is 12.1 Å². The first kappa shape index (κ1) is 22.3. The third kappa shape index (κ3) is 3.36. The van der Waals surface area contributed by atoms with Crippen LogP contribution in [0, 0.1) is 5.82 Å². The fraction of sp³-hybridized carbons (Fsp3) is 0.409. The van der Waals surface area contributed by atoms with Gasteiger partial charge in [0.2, 0.25) is 5.43 Å². The molecule has 32 heavy (non-hydrogen) atoms. The molecule has 1 aromatic carbocycles. The molecule has 0 fully saturated rings. The summed E-state index contributed by atoms with van der Waals surface area (Å²) < 4.78 is 15.9. The monoisotopic (exact) mass is 462 g/mol. The summed E-state index contributed by atoms with van der Waals surface area (Å²) >= 11 is 5.80. The summed E-state index contributed by atoms with van der Waals surface area (Å²) in [6.07, 6.45) is 0.579. The van der Waals surface area contributed by atoms with Crippen molar-refractivity contribution < 1.29 is 19.1 Å². The van der Waals surface area contributed by atoms with Gasteiger partial charge in [-0.3, -0.25) is 14.4 Å². The second-order valence-electron chi connectivity index (χ2n) is 8.26. The molecule has 2 aliphatic rings. The molecule has 0 aliphatic carbocycles. The van der Waals surface area contributed by atoms with E-state index in [9.17, 15) is 23.9 Å². The van der Waals surface area contributed by atoms with E-state index in [0.29, 0.717) is 25.2 Å². The van der Waals surface area contributed by atoms with Crippen molar-refractivity contribution in [1.29, 1.82) is 0 Å². The van der Waals surface area contributed by atoms with Gasteiger partial charge in [-0.05, 0) is 33.5 Å². The summed E-state index contributed by atoms with van der Waals surface area (Å²) in [7, 11) is 3.66. The zero-order valence-corrected chi connectivity index (χ0v) is 18.7. The normalized spacial score (nSPS) is 19.4. The molecule has 0 saturated carbocycles. The van der Waals surface area contributed by atoms with Crippen molar-refractivity contribution >= 4 is 23.4 Å². The van der Waals surface area contributed by atoms with Gasteiger partial charge in [-0.2, -0.15) is 0 Å². The number of likely N-dealkylation sites (N-methyl/N-ethyl adjacent to an activating group) is 1. The number of rotatable bonds is 5. The molecular formula is C22H24ClFN4O4. The number of aromatic hydroxyl groups is 1. The Labute approximate surface area is 189 Å². The Kier molecular flexibility index (Phi) is 5.72. The van der Waals surface area contributed by atoms with Crippen molar-refractivity contribution in [3.05, 3.63) is 61.8 Å². The van der Waals surface area contributed by atoms with Gasteiger partial charge in [-0.1, -0.05) is 23.7 Å². The highest BCUT2D eigenvalue weighted by Gasteiger charge is 2.45. The molecular weight excluding hydrogens is 439 g/mol. The van der Waals surface area contributed by atoms with Crippen LogP contribution in [-0.4, -0.2) is 58.5 Å². The van der Waals surface area contributed by atoms with Crippen LogP contribution in [0.2, 0.25) is 5.02 Å². The van der Waals surface area contributed by atoms with E-state index in [4.69, 9.17) is 11.6 Å². The van der Waals surface area contributed by atoms with Crippen molar-refractivity contribution in [2.24, 2.45) is 0 Å². The maximum atomic E-state index is 14.2. The number of hydrogen-bond donors (Lipinski definition) is 2. The number of aromatic nitrogens is 1. The van der Waals surface area contributed by atoms with Crippen LogP contribution >= 0.6 is 11.6 Å². The molecule has 3 heterocycles. The molecule has 8 nitrogen and oxygen atoms in total. The van der Waals surface area contributed by atoms with Crippen LogP contribution < -0.4 is 10.7 Å². The van der Waals surface area contributed by atoms with Crippen molar-refractivity contribution in [3.63, 3.8) is 0 Å². The standard InChI is InChI=1S/C22H24ClFN4O4/c1-4-27-10-12-8-14(26(2)3)17-15(19(29)20(30)18(22(27)32)28(12)17)21(31)25-9-11-6-5-7-13(23)16(11)24/h5-7,12,14,30H,4,8-10H2,1-3H3,(H,25,31)/t12?,14-/m1/s1. The number of carbonyl (C=O) groups excluding carboxylic acids is 2. The molecule has 1 unspecified atom stereocenters. The van der Waals surface area contributed by atoms with Gasteiger partial charge >= 0.3 is 0 Å². The fourth-order valence-corrected chi connectivity index (χ4v) is 4.82. The molecule has 0 saturated heterocycles. The first-order valence-corrected chi connectivity index (χ1v) is 10.7. The second kappa shape index (κ2) is 8.22. The zero-order chi connectivity index (χ0) is 23.3. The first-order chi connectivity index (χ1) is 15.2. The van der Waals surface area contributed by atoms with Crippen LogP contribution in [0.15, 0.2) is 23.0 Å². The SMILES string of the molecule is CCN1CC2C[C@@H](N(C)C)c3c(C(=O)NCc4cccc(Cl)c4F)c(=O)c(O)c(n32)C1=O. The summed E-state index contributed by atoms with van der Waals surface area (Å²) in [5.41, 5.74) is -0.655. The Hall–Kier alpha value is -2.91.